The van der Waals surface area contributed by atoms with Crippen molar-refractivity contribution in [3.05, 3.63) is 29.6 Å². The highest BCUT2D eigenvalue weighted by molar-refractivity contribution is 5.94. The first-order chi connectivity index (χ1) is 10.9. The number of rotatable bonds is 4. The predicted octanol–water partition coefficient (Wildman–Crippen LogP) is 1.97. The van der Waals surface area contributed by atoms with E-state index in [9.17, 15) is 22.8 Å². The summed E-state index contributed by atoms with van der Waals surface area (Å²) < 4.78 is 39.3. The van der Waals surface area contributed by atoms with Crippen molar-refractivity contribution in [3.8, 4) is 0 Å². The zero-order valence-corrected chi connectivity index (χ0v) is 13.8. The number of anilines is 1. The van der Waals surface area contributed by atoms with Gasteiger partial charge in [0.25, 0.3) is 0 Å². The molecule has 0 bridgehead atoms. The molecule has 0 aromatic heterocycles. The van der Waals surface area contributed by atoms with Gasteiger partial charge < -0.3 is 16.0 Å². The normalized spacial score (nSPS) is 20.0. The molecule has 134 valence electrons. The first kappa shape index (κ1) is 20.2. The van der Waals surface area contributed by atoms with E-state index in [4.69, 9.17) is 0 Å². The Labute approximate surface area is 143 Å². The highest BCUT2D eigenvalue weighted by Crippen LogP contribution is 2.19. The van der Waals surface area contributed by atoms with Gasteiger partial charge in [-0.2, -0.15) is 0 Å². The van der Waals surface area contributed by atoms with Crippen LogP contribution in [0, 0.1) is 23.4 Å². The lowest BCUT2D eigenvalue weighted by Crippen LogP contribution is -2.44. The van der Waals surface area contributed by atoms with Crippen molar-refractivity contribution in [1.82, 2.24) is 10.6 Å². The second-order valence-electron chi connectivity index (χ2n) is 5.57. The van der Waals surface area contributed by atoms with Gasteiger partial charge in [0.1, 0.15) is 0 Å². The zero-order chi connectivity index (χ0) is 17.0. The minimum absolute atomic E-state index is 0. The summed E-state index contributed by atoms with van der Waals surface area (Å²) in [5.74, 6) is -5.62. The molecule has 1 aromatic carbocycles. The molecule has 1 aliphatic heterocycles. The molecular formula is C15H19ClF3N3O2. The van der Waals surface area contributed by atoms with Gasteiger partial charge in [0.15, 0.2) is 17.5 Å². The van der Waals surface area contributed by atoms with E-state index in [0.717, 1.165) is 12.6 Å². The summed E-state index contributed by atoms with van der Waals surface area (Å²) in [6.07, 6.45) is 1.35. The number of hydrogen-bond acceptors (Lipinski definition) is 3. The number of amides is 2. The molecule has 0 saturated carbocycles. The van der Waals surface area contributed by atoms with E-state index < -0.39 is 29.0 Å². The molecule has 0 aliphatic carbocycles. The molecule has 1 aromatic rings. The van der Waals surface area contributed by atoms with Gasteiger partial charge in [-0.3, -0.25) is 9.59 Å². The maximum absolute atomic E-state index is 13.4. The number of halogens is 4. The lowest BCUT2D eigenvalue weighted by molar-refractivity contribution is -0.128. The van der Waals surface area contributed by atoms with Gasteiger partial charge in [-0.1, -0.05) is 0 Å². The number of carbonyl (C=O) groups excluding carboxylic acids is 2. The van der Waals surface area contributed by atoms with E-state index in [0.29, 0.717) is 18.9 Å². The van der Waals surface area contributed by atoms with Crippen LogP contribution in [0.2, 0.25) is 0 Å². The third-order valence-corrected chi connectivity index (χ3v) is 3.73. The Hall–Kier alpha value is -1.80. The van der Waals surface area contributed by atoms with Crippen LogP contribution in [0.25, 0.3) is 0 Å². The molecule has 24 heavy (non-hydrogen) atoms. The molecule has 3 N–H and O–H groups in total. The Morgan fingerprint density at radius 3 is 2.62 bits per heavy atom. The molecule has 5 nitrogen and oxygen atoms in total. The van der Waals surface area contributed by atoms with Crippen molar-refractivity contribution < 1.29 is 22.8 Å². The standard InChI is InChI=1S/C15H18F3N3O2.ClH/c1-8-6-9(4-5-19-8)15(23)20-7-12(22)21-11-3-2-10(16)13(17)14(11)18;/h2-3,8-9,19H,4-7H2,1H3,(H,20,23)(H,21,22);1H/t8-,9-;/m0./s1. The van der Waals surface area contributed by atoms with Gasteiger partial charge in [-0.05, 0) is 38.4 Å². The van der Waals surface area contributed by atoms with Crippen LogP contribution in [0.3, 0.4) is 0 Å². The number of piperidine rings is 1. The van der Waals surface area contributed by atoms with E-state index in [1.54, 1.807) is 0 Å². The number of carbonyl (C=O) groups is 2. The molecule has 1 aliphatic rings. The first-order valence-corrected chi connectivity index (χ1v) is 7.33. The summed E-state index contributed by atoms with van der Waals surface area (Å²) in [6.45, 7) is 2.33. The highest BCUT2D eigenvalue weighted by atomic mass is 35.5. The van der Waals surface area contributed by atoms with Gasteiger partial charge in [-0.25, -0.2) is 13.2 Å². The van der Waals surface area contributed by atoms with Crippen molar-refractivity contribution in [2.45, 2.75) is 25.8 Å². The molecule has 0 unspecified atom stereocenters. The van der Waals surface area contributed by atoms with Crippen LogP contribution in [0.5, 0.6) is 0 Å². The molecule has 2 rings (SSSR count). The predicted molar refractivity (Wildman–Crippen MR) is 85.4 cm³/mol. The van der Waals surface area contributed by atoms with Gasteiger partial charge in [0.2, 0.25) is 11.8 Å². The number of hydrogen-bond donors (Lipinski definition) is 3. The minimum atomic E-state index is -1.66. The Morgan fingerprint density at radius 2 is 1.96 bits per heavy atom. The summed E-state index contributed by atoms with van der Waals surface area (Å²) >= 11 is 0. The Balaban J connectivity index is 0.00000288. The summed E-state index contributed by atoms with van der Waals surface area (Å²) in [4.78, 5) is 23.7. The monoisotopic (exact) mass is 365 g/mol. The third kappa shape index (κ3) is 5.10. The van der Waals surface area contributed by atoms with Gasteiger partial charge >= 0.3 is 0 Å². The van der Waals surface area contributed by atoms with Crippen molar-refractivity contribution in [2.24, 2.45) is 5.92 Å². The van der Waals surface area contributed by atoms with Crippen molar-refractivity contribution in [2.75, 3.05) is 18.4 Å². The second kappa shape index (κ2) is 8.89. The molecule has 1 fully saturated rings. The summed E-state index contributed by atoms with van der Waals surface area (Å²) in [7, 11) is 0. The van der Waals surface area contributed by atoms with Gasteiger partial charge in [-0.15, -0.1) is 12.4 Å². The van der Waals surface area contributed by atoms with Gasteiger partial charge in [0.05, 0.1) is 12.2 Å². The quantitative estimate of drug-likeness (QED) is 0.714. The third-order valence-electron chi connectivity index (χ3n) is 3.73. The summed E-state index contributed by atoms with van der Waals surface area (Å²) in [6, 6.07) is 1.86. The molecule has 1 saturated heterocycles. The van der Waals surface area contributed by atoms with Crippen LogP contribution in [-0.4, -0.2) is 30.9 Å². The minimum Gasteiger partial charge on any atom is -0.347 e. The van der Waals surface area contributed by atoms with Crippen molar-refractivity contribution in [3.63, 3.8) is 0 Å². The molecule has 0 radical (unpaired) electrons. The van der Waals surface area contributed by atoms with Crippen molar-refractivity contribution >= 4 is 29.9 Å². The lowest BCUT2D eigenvalue weighted by atomic mass is 9.92. The second-order valence-corrected chi connectivity index (χ2v) is 5.57. The molecule has 2 amide bonds. The smallest absolute Gasteiger partial charge is 0.243 e. The maximum atomic E-state index is 13.4. The molecule has 0 spiro atoms. The number of nitrogens with one attached hydrogen (secondary N) is 3. The van der Waals surface area contributed by atoms with Crippen LogP contribution in [0.4, 0.5) is 18.9 Å². The molecule has 1 heterocycles. The van der Waals surface area contributed by atoms with Gasteiger partial charge in [0, 0.05) is 12.0 Å². The first-order valence-electron chi connectivity index (χ1n) is 7.33. The van der Waals surface area contributed by atoms with E-state index >= 15 is 0 Å². The Kier molecular flexibility index (Phi) is 7.50. The van der Waals surface area contributed by atoms with E-state index in [1.165, 1.54) is 0 Å². The largest absolute Gasteiger partial charge is 0.347 e. The fraction of sp³-hybridized carbons (Fsp3) is 0.467. The average Bonchev–Trinajstić information content (AvgIpc) is 2.53. The SMILES string of the molecule is C[C@H]1C[C@@H](C(=O)NCC(=O)Nc2ccc(F)c(F)c2F)CCN1.Cl. The van der Waals surface area contributed by atoms with Crippen molar-refractivity contribution in [1.29, 1.82) is 0 Å². The van der Waals surface area contributed by atoms with Crippen LogP contribution in [-0.2, 0) is 9.59 Å². The van der Waals surface area contributed by atoms with Crippen LogP contribution in [0.1, 0.15) is 19.8 Å². The number of benzene rings is 1. The van der Waals surface area contributed by atoms with Crippen LogP contribution in [0.15, 0.2) is 12.1 Å². The fourth-order valence-corrected chi connectivity index (χ4v) is 2.50. The maximum Gasteiger partial charge on any atom is 0.243 e. The highest BCUT2D eigenvalue weighted by Gasteiger charge is 2.25. The summed E-state index contributed by atoms with van der Waals surface area (Å²) in [5, 5.41) is 7.78. The lowest BCUT2D eigenvalue weighted by Gasteiger charge is -2.26. The van der Waals surface area contributed by atoms with E-state index in [-0.39, 0.29) is 36.8 Å². The summed E-state index contributed by atoms with van der Waals surface area (Å²) in [5.41, 5.74) is -0.473. The van der Waals surface area contributed by atoms with Crippen LogP contribution >= 0.6 is 12.4 Å². The zero-order valence-electron chi connectivity index (χ0n) is 13.0. The van der Waals surface area contributed by atoms with E-state index in [2.05, 4.69) is 16.0 Å². The van der Waals surface area contributed by atoms with Crippen LogP contribution < -0.4 is 16.0 Å². The molecule has 9 heteroatoms. The molecule has 2 atom stereocenters. The topological polar surface area (TPSA) is 70.2 Å². The molecular weight excluding hydrogens is 347 g/mol. The Morgan fingerprint density at radius 1 is 1.25 bits per heavy atom. The average molecular weight is 366 g/mol. The Bertz CT molecular complexity index is 616. The van der Waals surface area contributed by atoms with E-state index in [1.807, 2.05) is 6.92 Å². The fourth-order valence-electron chi connectivity index (χ4n) is 2.50.